The number of anilines is 1. The van der Waals surface area contributed by atoms with Crippen LogP contribution in [-0.2, 0) is 6.42 Å². The van der Waals surface area contributed by atoms with E-state index in [1.807, 2.05) is 0 Å². The van der Waals surface area contributed by atoms with Crippen molar-refractivity contribution in [3.63, 3.8) is 0 Å². The third-order valence-corrected chi connectivity index (χ3v) is 4.09. The fourth-order valence-corrected chi connectivity index (χ4v) is 2.92. The Labute approximate surface area is 111 Å². The molecule has 2 heteroatoms. The number of fused-ring (bicyclic) bond motifs is 1. The number of nitrogens with one attached hydrogen (secondary N) is 1. The molecule has 0 radical (unpaired) electrons. The molecule has 0 amide bonds. The van der Waals surface area contributed by atoms with Crippen LogP contribution in [0.4, 0.5) is 5.69 Å². The van der Waals surface area contributed by atoms with Crippen LogP contribution in [0.3, 0.4) is 0 Å². The van der Waals surface area contributed by atoms with Gasteiger partial charge in [-0.2, -0.15) is 0 Å². The van der Waals surface area contributed by atoms with E-state index in [1.54, 1.807) is 0 Å². The summed E-state index contributed by atoms with van der Waals surface area (Å²) >= 11 is 0. The van der Waals surface area contributed by atoms with Gasteiger partial charge in [0.05, 0.1) is 0 Å². The number of benzene rings is 1. The van der Waals surface area contributed by atoms with Gasteiger partial charge in [0.1, 0.15) is 0 Å². The summed E-state index contributed by atoms with van der Waals surface area (Å²) < 4.78 is 0. The van der Waals surface area contributed by atoms with E-state index in [-0.39, 0.29) is 0 Å². The fraction of sp³-hybridized carbons (Fsp3) is 0.625. The van der Waals surface area contributed by atoms with Crippen molar-refractivity contribution >= 4 is 5.69 Å². The Hall–Kier alpha value is -1.02. The molecule has 1 aliphatic rings. The van der Waals surface area contributed by atoms with Crippen LogP contribution in [-0.4, -0.2) is 26.2 Å². The summed E-state index contributed by atoms with van der Waals surface area (Å²) in [5.74, 6) is 0. The molecule has 100 valence electrons. The topological polar surface area (TPSA) is 15.3 Å². The summed E-state index contributed by atoms with van der Waals surface area (Å²) in [5.41, 5.74) is 3.01. The largest absolute Gasteiger partial charge is 0.371 e. The van der Waals surface area contributed by atoms with Crippen molar-refractivity contribution in [3.8, 4) is 0 Å². The highest BCUT2D eigenvalue weighted by atomic mass is 15.1. The summed E-state index contributed by atoms with van der Waals surface area (Å²) in [6, 6.07) is 9.58. The standard InChI is InChI=1S/C16H26N2/c1-3-15(17-2)10-7-13-18-12-6-9-14-8-4-5-11-16(14)18/h4-5,8,11,15,17H,3,6-7,9-10,12-13H2,1-2H3. The summed E-state index contributed by atoms with van der Waals surface area (Å²) in [4.78, 5) is 2.57. The second-order valence-electron chi connectivity index (χ2n) is 5.26. The van der Waals surface area contributed by atoms with Gasteiger partial charge < -0.3 is 10.2 Å². The molecule has 0 saturated carbocycles. The van der Waals surface area contributed by atoms with Crippen LogP contribution in [0.15, 0.2) is 24.3 Å². The first-order chi connectivity index (χ1) is 8.85. The van der Waals surface area contributed by atoms with Crippen molar-refractivity contribution in [1.29, 1.82) is 0 Å². The molecule has 1 aromatic rings. The van der Waals surface area contributed by atoms with Crippen molar-refractivity contribution < 1.29 is 0 Å². The van der Waals surface area contributed by atoms with E-state index in [0.29, 0.717) is 6.04 Å². The van der Waals surface area contributed by atoms with Crippen LogP contribution in [0.25, 0.3) is 0 Å². The first kappa shape index (κ1) is 13.4. The van der Waals surface area contributed by atoms with Gasteiger partial charge in [-0.25, -0.2) is 0 Å². The molecule has 2 nitrogen and oxygen atoms in total. The van der Waals surface area contributed by atoms with E-state index in [9.17, 15) is 0 Å². The molecule has 0 aromatic heterocycles. The number of hydrogen-bond acceptors (Lipinski definition) is 2. The maximum absolute atomic E-state index is 3.39. The number of para-hydroxylation sites is 1. The van der Waals surface area contributed by atoms with Crippen LogP contribution in [0.2, 0.25) is 0 Å². The van der Waals surface area contributed by atoms with Crippen molar-refractivity contribution in [3.05, 3.63) is 29.8 Å². The lowest BCUT2D eigenvalue weighted by atomic mass is 10.0. The van der Waals surface area contributed by atoms with E-state index in [4.69, 9.17) is 0 Å². The van der Waals surface area contributed by atoms with E-state index in [0.717, 1.165) is 0 Å². The van der Waals surface area contributed by atoms with Gasteiger partial charge in [-0.15, -0.1) is 0 Å². The Morgan fingerprint density at radius 1 is 1.33 bits per heavy atom. The molecule has 1 atom stereocenters. The summed E-state index contributed by atoms with van der Waals surface area (Å²) in [6.07, 6.45) is 6.35. The number of rotatable bonds is 6. The highest BCUT2D eigenvalue weighted by Gasteiger charge is 2.15. The molecule has 1 N–H and O–H groups in total. The number of hydrogen-bond donors (Lipinski definition) is 1. The van der Waals surface area contributed by atoms with Gasteiger partial charge in [0.15, 0.2) is 0 Å². The summed E-state index contributed by atoms with van der Waals surface area (Å²) in [7, 11) is 2.07. The minimum absolute atomic E-state index is 0.685. The minimum atomic E-state index is 0.685. The zero-order valence-electron chi connectivity index (χ0n) is 11.8. The molecule has 0 spiro atoms. The second-order valence-corrected chi connectivity index (χ2v) is 5.26. The van der Waals surface area contributed by atoms with Crippen LogP contribution in [0, 0.1) is 0 Å². The third kappa shape index (κ3) is 3.26. The maximum Gasteiger partial charge on any atom is 0.0398 e. The zero-order valence-corrected chi connectivity index (χ0v) is 11.8. The highest BCUT2D eigenvalue weighted by Crippen LogP contribution is 2.26. The normalized spacial score (nSPS) is 16.4. The quantitative estimate of drug-likeness (QED) is 0.829. The number of aryl methyl sites for hydroxylation is 1. The molecule has 0 fully saturated rings. The predicted molar refractivity (Wildman–Crippen MR) is 79.3 cm³/mol. The van der Waals surface area contributed by atoms with Gasteiger partial charge >= 0.3 is 0 Å². The summed E-state index contributed by atoms with van der Waals surface area (Å²) in [6.45, 7) is 4.69. The molecule has 0 aliphatic carbocycles. The van der Waals surface area contributed by atoms with E-state index in [2.05, 4.69) is 48.5 Å². The molecule has 18 heavy (non-hydrogen) atoms. The van der Waals surface area contributed by atoms with Gasteiger partial charge in [0.25, 0.3) is 0 Å². The molecule has 1 heterocycles. The van der Waals surface area contributed by atoms with Crippen molar-refractivity contribution in [2.75, 3.05) is 25.0 Å². The fourth-order valence-electron chi connectivity index (χ4n) is 2.92. The van der Waals surface area contributed by atoms with Crippen molar-refractivity contribution in [2.45, 2.75) is 45.1 Å². The lowest BCUT2D eigenvalue weighted by Crippen LogP contribution is -2.32. The van der Waals surface area contributed by atoms with Gasteiger partial charge in [-0.3, -0.25) is 0 Å². The molecule has 1 aromatic carbocycles. The molecular formula is C16H26N2. The smallest absolute Gasteiger partial charge is 0.0398 e. The molecule has 1 unspecified atom stereocenters. The average molecular weight is 246 g/mol. The van der Waals surface area contributed by atoms with Crippen LogP contribution in [0.1, 0.15) is 38.2 Å². The Kier molecular flexibility index (Phi) is 5.06. The monoisotopic (exact) mass is 246 g/mol. The molecular weight excluding hydrogens is 220 g/mol. The second kappa shape index (κ2) is 6.79. The van der Waals surface area contributed by atoms with Crippen molar-refractivity contribution in [2.24, 2.45) is 0 Å². The molecule has 2 rings (SSSR count). The highest BCUT2D eigenvalue weighted by molar-refractivity contribution is 5.55. The van der Waals surface area contributed by atoms with Gasteiger partial charge in [0.2, 0.25) is 0 Å². The Morgan fingerprint density at radius 2 is 2.17 bits per heavy atom. The Balaban J connectivity index is 1.87. The maximum atomic E-state index is 3.39. The van der Waals surface area contributed by atoms with Gasteiger partial charge in [-0.05, 0) is 50.8 Å². The number of nitrogens with zero attached hydrogens (tertiary/aromatic N) is 1. The Bertz CT molecular complexity index is 358. The SMILES string of the molecule is CCC(CCCN1CCCc2ccccc21)NC. The lowest BCUT2D eigenvalue weighted by Gasteiger charge is -2.31. The molecule has 1 aliphatic heterocycles. The van der Waals surface area contributed by atoms with Crippen molar-refractivity contribution in [1.82, 2.24) is 5.32 Å². The van der Waals surface area contributed by atoms with Crippen LogP contribution >= 0.6 is 0 Å². The van der Waals surface area contributed by atoms with Crippen LogP contribution < -0.4 is 10.2 Å². The molecule has 0 bridgehead atoms. The van der Waals surface area contributed by atoms with Gasteiger partial charge in [-0.1, -0.05) is 25.1 Å². The average Bonchev–Trinajstić information content (AvgIpc) is 2.44. The van der Waals surface area contributed by atoms with E-state index in [1.165, 1.54) is 56.4 Å². The third-order valence-electron chi connectivity index (χ3n) is 4.09. The van der Waals surface area contributed by atoms with Gasteiger partial charge in [0, 0.05) is 24.8 Å². The summed E-state index contributed by atoms with van der Waals surface area (Å²) in [5, 5.41) is 3.39. The zero-order chi connectivity index (χ0) is 12.8. The minimum Gasteiger partial charge on any atom is -0.371 e. The molecule has 0 saturated heterocycles. The first-order valence-corrected chi connectivity index (χ1v) is 7.35. The van der Waals surface area contributed by atoms with Crippen LogP contribution in [0.5, 0.6) is 0 Å². The van der Waals surface area contributed by atoms with E-state index >= 15 is 0 Å². The van der Waals surface area contributed by atoms with E-state index < -0.39 is 0 Å². The lowest BCUT2D eigenvalue weighted by molar-refractivity contribution is 0.487. The predicted octanol–water partition coefficient (Wildman–Crippen LogP) is 3.22. The Morgan fingerprint density at radius 3 is 2.94 bits per heavy atom. The first-order valence-electron chi connectivity index (χ1n) is 7.35.